The van der Waals surface area contributed by atoms with E-state index < -0.39 is 5.54 Å². The Morgan fingerprint density at radius 2 is 2.14 bits per heavy atom. The molecule has 0 saturated carbocycles. The topological polar surface area (TPSA) is 80.9 Å². The minimum absolute atomic E-state index is 0.237. The van der Waals surface area contributed by atoms with Crippen molar-refractivity contribution in [3.63, 3.8) is 0 Å². The van der Waals surface area contributed by atoms with E-state index in [9.17, 15) is 9.59 Å². The van der Waals surface area contributed by atoms with Crippen LogP contribution in [0.1, 0.15) is 20.3 Å². The Morgan fingerprint density at radius 1 is 1.50 bits per heavy atom. The van der Waals surface area contributed by atoms with E-state index in [1.165, 1.54) is 16.8 Å². The van der Waals surface area contributed by atoms with Crippen LogP contribution in [0.25, 0.3) is 0 Å². The molecule has 3 N–H and O–H groups in total. The molecule has 5 nitrogen and oxygen atoms in total. The number of nitrogens with zero attached hydrogens (tertiary/aromatic N) is 1. The minimum atomic E-state index is -0.516. The Bertz CT molecular complexity index is 415. The average molecular weight is 197 g/mol. The van der Waals surface area contributed by atoms with Gasteiger partial charge in [-0.2, -0.15) is 0 Å². The molecular formula is C9H15N3O2. The molecule has 0 aliphatic heterocycles. The molecule has 1 heterocycles. The molecule has 5 heteroatoms. The molecule has 0 bridgehead atoms. The summed E-state index contributed by atoms with van der Waals surface area (Å²) in [5.74, 6) is 0. The zero-order valence-electron chi connectivity index (χ0n) is 8.41. The Morgan fingerprint density at radius 3 is 2.64 bits per heavy atom. The van der Waals surface area contributed by atoms with Gasteiger partial charge in [0.05, 0.1) is 5.54 Å². The summed E-state index contributed by atoms with van der Waals surface area (Å²) < 4.78 is 1.30. The fourth-order valence-electron chi connectivity index (χ4n) is 1.22. The highest BCUT2D eigenvalue weighted by molar-refractivity contribution is 4.91. The van der Waals surface area contributed by atoms with Gasteiger partial charge >= 0.3 is 0 Å². The number of rotatable bonds is 3. The molecule has 0 fully saturated rings. The number of nitrogens with two attached hydrogens (primary N) is 1. The van der Waals surface area contributed by atoms with E-state index >= 15 is 0 Å². The van der Waals surface area contributed by atoms with Gasteiger partial charge in [-0.05, 0) is 13.3 Å². The first-order chi connectivity index (χ1) is 6.53. The Balaban J connectivity index is 3.37. The highest BCUT2D eigenvalue weighted by Crippen LogP contribution is 2.13. The third-order valence-corrected chi connectivity index (χ3v) is 2.56. The molecule has 0 saturated heterocycles. The van der Waals surface area contributed by atoms with Crippen LogP contribution < -0.4 is 16.9 Å². The summed E-state index contributed by atoms with van der Waals surface area (Å²) in [4.78, 5) is 22.5. The lowest BCUT2D eigenvalue weighted by Gasteiger charge is -2.28. The molecule has 1 rings (SSSR count). The number of hydrogen-bond donors (Lipinski definition) is 2. The van der Waals surface area contributed by atoms with Gasteiger partial charge in [-0.15, -0.1) is 0 Å². The molecule has 0 spiro atoms. The average Bonchev–Trinajstić information content (AvgIpc) is 2.20. The number of H-pyrrole nitrogens is 1. The van der Waals surface area contributed by atoms with Crippen molar-refractivity contribution in [2.45, 2.75) is 25.8 Å². The minimum Gasteiger partial charge on any atom is -0.328 e. The summed E-state index contributed by atoms with van der Waals surface area (Å²) in [6, 6.07) is 2.47. The maximum Gasteiger partial charge on any atom is 0.265 e. The normalized spacial score (nSPS) is 15.1. The van der Waals surface area contributed by atoms with Crippen molar-refractivity contribution in [2.75, 3.05) is 6.54 Å². The molecular weight excluding hydrogens is 182 g/mol. The maximum absolute atomic E-state index is 11.5. The second-order valence-corrected chi connectivity index (χ2v) is 3.54. The van der Waals surface area contributed by atoms with Crippen LogP contribution in [0.3, 0.4) is 0 Å². The van der Waals surface area contributed by atoms with Gasteiger partial charge in [0.1, 0.15) is 0 Å². The van der Waals surface area contributed by atoms with Gasteiger partial charge in [-0.3, -0.25) is 14.7 Å². The van der Waals surface area contributed by atoms with Crippen LogP contribution in [0.4, 0.5) is 0 Å². The van der Waals surface area contributed by atoms with Crippen molar-refractivity contribution >= 4 is 0 Å². The maximum atomic E-state index is 11.5. The van der Waals surface area contributed by atoms with E-state index in [-0.39, 0.29) is 11.1 Å². The van der Waals surface area contributed by atoms with Crippen LogP contribution in [0.2, 0.25) is 0 Å². The van der Waals surface area contributed by atoms with E-state index in [0.29, 0.717) is 13.0 Å². The first-order valence-corrected chi connectivity index (χ1v) is 4.56. The van der Waals surface area contributed by atoms with Crippen molar-refractivity contribution in [3.8, 4) is 0 Å². The van der Waals surface area contributed by atoms with Crippen LogP contribution in [-0.2, 0) is 5.54 Å². The van der Waals surface area contributed by atoms with Crippen LogP contribution in [0.5, 0.6) is 0 Å². The van der Waals surface area contributed by atoms with E-state index in [4.69, 9.17) is 5.73 Å². The first-order valence-electron chi connectivity index (χ1n) is 4.56. The summed E-state index contributed by atoms with van der Waals surface area (Å²) in [6.07, 6.45) is 0.684. The van der Waals surface area contributed by atoms with E-state index in [2.05, 4.69) is 5.10 Å². The van der Waals surface area contributed by atoms with Gasteiger partial charge in [0.15, 0.2) is 0 Å². The summed E-state index contributed by atoms with van der Waals surface area (Å²) in [7, 11) is 0. The number of hydrogen-bond acceptors (Lipinski definition) is 3. The molecule has 0 aromatic carbocycles. The van der Waals surface area contributed by atoms with Gasteiger partial charge in [0, 0.05) is 18.7 Å². The molecule has 1 atom stereocenters. The van der Waals surface area contributed by atoms with E-state index in [1.54, 1.807) is 0 Å². The molecule has 1 aromatic heterocycles. The van der Waals surface area contributed by atoms with Crippen LogP contribution in [-0.4, -0.2) is 16.3 Å². The summed E-state index contributed by atoms with van der Waals surface area (Å²) in [5, 5.41) is 2.49. The molecule has 0 radical (unpaired) electrons. The van der Waals surface area contributed by atoms with Crippen molar-refractivity contribution in [3.05, 3.63) is 32.8 Å². The Kier molecular flexibility index (Phi) is 2.90. The predicted octanol–water partition coefficient (Wildman–Crippen LogP) is -0.379. The largest absolute Gasteiger partial charge is 0.328 e. The molecule has 78 valence electrons. The fourth-order valence-corrected chi connectivity index (χ4v) is 1.22. The third kappa shape index (κ3) is 1.77. The highest BCUT2D eigenvalue weighted by Gasteiger charge is 2.23. The van der Waals surface area contributed by atoms with E-state index in [0.717, 1.165) is 0 Å². The SMILES string of the molecule is CCC(C)(CN)n1[nH]c(=O)ccc1=O. The molecule has 14 heavy (non-hydrogen) atoms. The van der Waals surface area contributed by atoms with Gasteiger partial charge in [-0.1, -0.05) is 6.92 Å². The monoisotopic (exact) mass is 197 g/mol. The van der Waals surface area contributed by atoms with Crippen molar-refractivity contribution in [1.29, 1.82) is 0 Å². The highest BCUT2D eigenvalue weighted by atomic mass is 16.2. The quantitative estimate of drug-likeness (QED) is 0.693. The Hall–Kier alpha value is -1.36. The van der Waals surface area contributed by atoms with E-state index in [1.807, 2.05) is 13.8 Å². The molecule has 0 aliphatic rings. The van der Waals surface area contributed by atoms with Crippen molar-refractivity contribution in [1.82, 2.24) is 9.78 Å². The first kappa shape index (κ1) is 10.7. The smallest absolute Gasteiger partial charge is 0.265 e. The molecule has 0 amide bonds. The van der Waals surface area contributed by atoms with Gasteiger partial charge in [0.25, 0.3) is 11.1 Å². The van der Waals surface area contributed by atoms with Crippen LogP contribution in [0.15, 0.2) is 21.7 Å². The Labute approximate surface area is 81.5 Å². The van der Waals surface area contributed by atoms with Crippen molar-refractivity contribution in [2.24, 2.45) is 5.73 Å². The zero-order chi connectivity index (χ0) is 10.8. The van der Waals surface area contributed by atoms with Crippen LogP contribution >= 0.6 is 0 Å². The lowest BCUT2D eigenvalue weighted by atomic mass is 10.00. The lowest BCUT2D eigenvalue weighted by molar-refractivity contribution is 0.269. The molecule has 0 aliphatic carbocycles. The summed E-state index contributed by atoms with van der Waals surface area (Å²) in [6.45, 7) is 4.07. The zero-order valence-corrected chi connectivity index (χ0v) is 8.41. The predicted molar refractivity (Wildman–Crippen MR) is 54.3 cm³/mol. The second-order valence-electron chi connectivity index (χ2n) is 3.54. The number of aromatic amines is 1. The molecule has 1 unspecified atom stereocenters. The number of aromatic nitrogens is 2. The van der Waals surface area contributed by atoms with Crippen LogP contribution in [0, 0.1) is 0 Å². The molecule has 1 aromatic rings. The standard InChI is InChI=1S/C9H15N3O2/c1-3-9(2,6-10)12-8(14)5-4-7(13)11-12/h4-5H,3,6,10H2,1-2H3,(H,11,13). The van der Waals surface area contributed by atoms with Gasteiger partial charge in [0.2, 0.25) is 0 Å². The second kappa shape index (κ2) is 3.79. The van der Waals surface area contributed by atoms with Gasteiger partial charge < -0.3 is 5.73 Å². The third-order valence-electron chi connectivity index (χ3n) is 2.56. The summed E-state index contributed by atoms with van der Waals surface area (Å²) >= 11 is 0. The van der Waals surface area contributed by atoms with Gasteiger partial charge in [-0.25, -0.2) is 4.68 Å². The lowest BCUT2D eigenvalue weighted by Crippen LogP contribution is -2.47. The van der Waals surface area contributed by atoms with Crippen molar-refractivity contribution < 1.29 is 0 Å². The fraction of sp³-hybridized carbons (Fsp3) is 0.556. The number of nitrogens with one attached hydrogen (secondary N) is 1. The summed E-state index contributed by atoms with van der Waals surface area (Å²) in [5.41, 5.74) is 4.54.